The van der Waals surface area contributed by atoms with Gasteiger partial charge >= 0.3 is 5.97 Å². The minimum absolute atomic E-state index is 0.524. The molecule has 3 nitrogen and oxygen atoms in total. The number of halogens is 1. The smallest absolute Gasteiger partial charge is 0.326 e. The fourth-order valence-corrected chi connectivity index (χ4v) is 1.47. The summed E-state index contributed by atoms with van der Waals surface area (Å²) in [5, 5.41) is 8.83. The molecular weight excluding hydrogens is 246 g/mol. The van der Waals surface area contributed by atoms with Gasteiger partial charge in [0.15, 0.2) is 0 Å². The van der Waals surface area contributed by atoms with Gasteiger partial charge in [0.2, 0.25) is 0 Å². The number of carboxylic acids is 1. The van der Waals surface area contributed by atoms with E-state index in [4.69, 9.17) is 5.11 Å². The molecule has 0 saturated carbocycles. The zero-order valence-electron chi connectivity index (χ0n) is 8.07. The third-order valence-electron chi connectivity index (χ3n) is 2.15. The number of aliphatic carboxylic acids is 1. The van der Waals surface area contributed by atoms with Crippen LogP contribution in [0, 0.1) is 0 Å². The molecule has 0 amide bonds. The number of hydrogen-bond acceptors (Lipinski definition) is 2. The van der Waals surface area contributed by atoms with E-state index in [0.717, 1.165) is 10.2 Å². The zero-order chi connectivity index (χ0) is 10.7. The highest BCUT2D eigenvalue weighted by atomic mass is 79.9. The summed E-state index contributed by atoms with van der Waals surface area (Å²) in [5.74, 6) is -0.826. The molecule has 0 unspecified atom stereocenters. The molecule has 1 rings (SSSR count). The Morgan fingerprint density at radius 1 is 1.57 bits per heavy atom. The van der Waals surface area contributed by atoms with Gasteiger partial charge in [0.1, 0.15) is 6.04 Å². The Morgan fingerprint density at radius 2 is 2.21 bits per heavy atom. The van der Waals surface area contributed by atoms with Crippen molar-refractivity contribution in [2.75, 3.05) is 11.9 Å². The average molecular weight is 258 g/mol. The monoisotopic (exact) mass is 257 g/mol. The Labute approximate surface area is 91.5 Å². The van der Waals surface area contributed by atoms with Gasteiger partial charge in [-0.1, -0.05) is 22.0 Å². The summed E-state index contributed by atoms with van der Waals surface area (Å²) < 4.78 is 0.944. The first-order chi connectivity index (χ1) is 6.52. The Morgan fingerprint density at radius 3 is 2.71 bits per heavy atom. The molecule has 0 radical (unpaired) electrons. The van der Waals surface area contributed by atoms with Gasteiger partial charge < -0.3 is 10.0 Å². The van der Waals surface area contributed by atoms with E-state index in [1.54, 1.807) is 18.9 Å². The zero-order valence-corrected chi connectivity index (χ0v) is 9.65. The molecular formula is C10H12BrNO2. The van der Waals surface area contributed by atoms with Crippen molar-refractivity contribution >= 4 is 27.6 Å². The number of benzene rings is 1. The summed E-state index contributed by atoms with van der Waals surface area (Å²) >= 11 is 3.34. The maximum absolute atomic E-state index is 10.7. The molecule has 0 aliphatic heterocycles. The summed E-state index contributed by atoms with van der Waals surface area (Å²) in [6, 6.07) is 7.03. The SMILES string of the molecule is C[C@@H](C(=O)O)N(C)c1cccc(Br)c1. The van der Waals surface area contributed by atoms with Gasteiger partial charge in [-0.05, 0) is 25.1 Å². The summed E-state index contributed by atoms with van der Waals surface area (Å²) in [6.07, 6.45) is 0. The summed E-state index contributed by atoms with van der Waals surface area (Å²) in [4.78, 5) is 12.5. The van der Waals surface area contributed by atoms with Crippen LogP contribution in [-0.4, -0.2) is 24.2 Å². The van der Waals surface area contributed by atoms with Crippen molar-refractivity contribution in [3.8, 4) is 0 Å². The van der Waals surface area contributed by atoms with E-state index < -0.39 is 12.0 Å². The minimum Gasteiger partial charge on any atom is -0.480 e. The summed E-state index contributed by atoms with van der Waals surface area (Å²) in [5.41, 5.74) is 0.884. The van der Waals surface area contributed by atoms with E-state index in [-0.39, 0.29) is 0 Å². The Balaban J connectivity index is 2.89. The molecule has 1 N–H and O–H groups in total. The fraction of sp³-hybridized carbons (Fsp3) is 0.300. The molecule has 4 heteroatoms. The van der Waals surface area contributed by atoms with Crippen molar-refractivity contribution in [1.29, 1.82) is 0 Å². The lowest BCUT2D eigenvalue weighted by Crippen LogP contribution is -2.35. The van der Waals surface area contributed by atoms with Crippen LogP contribution in [0.15, 0.2) is 28.7 Å². The molecule has 14 heavy (non-hydrogen) atoms. The lowest BCUT2D eigenvalue weighted by molar-refractivity contribution is -0.138. The lowest BCUT2D eigenvalue weighted by atomic mass is 10.2. The van der Waals surface area contributed by atoms with Gasteiger partial charge in [-0.15, -0.1) is 0 Å². The van der Waals surface area contributed by atoms with Crippen LogP contribution in [0.25, 0.3) is 0 Å². The van der Waals surface area contributed by atoms with E-state index in [1.807, 2.05) is 24.3 Å². The first-order valence-corrected chi connectivity index (χ1v) is 5.03. The molecule has 0 aliphatic rings. The quantitative estimate of drug-likeness (QED) is 0.904. The number of rotatable bonds is 3. The maximum atomic E-state index is 10.7. The second kappa shape index (κ2) is 4.46. The molecule has 0 saturated heterocycles. The molecule has 0 spiro atoms. The molecule has 0 heterocycles. The Bertz CT molecular complexity index is 341. The van der Waals surface area contributed by atoms with Gasteiger partial charge in [-0.2, -0.15) is 0 Å². The molecule has 1 atom stereocenters. The van der Waals surface area contributed by atoms with E-state index in [1.165, 1.54) is 0 Å². The van der Waals surface area contributed by atoms with E-state index in [9.17, 15) is 4.79 Å². The van der Waals surface area contributed by atoms with Crippen molar-refractivity contribution in [3.63, 3.8) is 0 Å². The van der Waals surface area contributed by atoms with Crippen molar-refractivity contribution in [3.05, 3.63) is 28.7 Å². The molecule has 0 fully saturated rings. The highest BCUT2D eigenvalue weighted by Gasteiger charge is 2.16. The van der Waals surface area contributed by atoms with Crippen LogP contribution in [0.4, 0.5) is 5.69 Å². The van der Waals surface area contributed by atoms with Crippen LogP contribution < -0.4 is 4.90 Å². The highest BCUT2D eigenvalue weighted by molar-refractivity contribution is 9.10. The van der Waals surface area contributed by atoms with E-state index in [2.05, 4.69) is 15.9 Å². The molecule has 0 aromatic heterocycles. The first kappa shape index (κ1) is 11.0. The normalized spacial score (nSPS) is 12.2. The largest absolute Gasteiger partial charge is 0.480 e. The number of anilines is 1. The van der Waals surface area contributed by atoms with E-state index >= 15 is 0 Å². The van der Waals surface area contributed by atoms with Crippen molar-refractivity contribution in [1.82, 2.24) is 0 Å². The fourth-order valence-electron chi connectivity index (χ4n) is 1.08. The maximum Gasteiger partial charge on any atom is 0.326 e. The van der Waals surface area contributed by atoms with Crippen molar-refractivity contribution in [2.24, 2.45) is 0 Å². The van der Waals surface area contributed by atoms with Gasteiger partial charge in [-0.25, -0.2) is 4.79 Å². The van der Waals surface area contributed by atoms with E-state index in [0.29, 0.717) is 0 Å². The topological polar surface area (TPSA) is 40.5 Å². The number of nitrogens with zero attached hydrogens (tertiary/aromatic N) is 1. The van der Waals surface area contributed by atoms with Gasteiger partial charge in [0.05, 0.1) is 0 Å². The Hall–Kier alpha value is -1.03. The first-order valence-electron chi connectivity index (χ1n) is 4.23. The highest BCUT2D eigenvalue weighted by Crippen LogP contribution is 2.20. The van der Waals surface area contributed by atoms with Crippen LogP contribution in [0.1, 0.15) is 6.92 Å². The van der Waals surface area contributed by atoms with Crippen LogP contribution in [-0.2, 0) is 4.79 Å². The second-order valence-corrected chi connectivity index (χ2v) is 4.02. The van der Waals surface area contributed by atoms with Crippen LogP contribution in [0.2, 0.25) is 0 Å². The standard InChI is InChI=1S/C10H12BrNO2/c1-7(10(13)14)12(2)9-5-3-4-8(11)6-9/h3-7H,1-2H3,(H,13,14)/t7-/m0/s1. The number of likely N-dealkylation sites (N-methyl/N-ethyl adjacent to an activating group) is 1. The van der Waals surface area contributed by atoms with Crippen molar-refractivity contribution < 1.29 is 9.90 Å². The van der Waals surface area contributed by atoms with Gasteiger partial charge in [0, 0.05) is 17.2 Å². The predicted octanol–water partition coefficient (Wildman–Crippen LogP) is 2.36. The molecule has 0 bridgehead atoms. The summed E-state index contributed by atoms with van der Waals surface area (Å²) in [7, 11) is 1.76. The van der Waals surface area contributed by atoms with Crippen molar-refractivity contribution in [2.45, 2.75) is 13.0 Å². The van der Waals surface area contributed by atoms with Crippen LogP contribution in [0.5, 0.6) is 0 Å². The predicted molar refractivity (Wildman–Crippen MR) is 59.6 cm³/mol. The number of carbonyl (C=O) groups is 1. The van der Waals surface area contributed by atoms with Gasteiger partial charge in [-0.3, -0.25) is 0 Å². The third-order valence-corrected chi connectivity index (χ3v) is 2.65. The number of hydrogen-bond donors (Lipinski definition) is 1. The van der Waals surface area contributed by atoms with Crippen LogP contribution in [0.3, 0.4) is 0 Å². The summed E-state index contributed by atoms with van der Waals surface area (Å²) in [6.45, 7) is 1.66. The molecule has 1 aromatic rings. The third kappa shape index (κ3) is 2.48. The lowest BCUT2D eigenvalue weighted by Gasteiger charge is -2.23. The molecule has 1 aromatic carbocycles. The van der Waals surface area contributed by atoms with Gasteiger partial charge in [0.25, 0.3) is 0 Å². The Kier molecular flexibility index (Phi) is 3.52. The average Bonchev–Trinajstić information content (AvgIpc) is 2.15. The molecule has 0 aliphatic carbocycles. The second-order valence-electron chi connectivity index (χ2n) is 3.10. The minimum atomic E-state index is -0.826. The molecule has 76 valence electrons. The van der Waals surface area contributed by atoms with Crippen LogP contribution >= 0.6 is 15.9 Å². The number of carboxylic acid groups (broad SMARTS) is 1.